The van der Waals surface area contributed by atoms with Crippen molar-refractivity contribution in [2.45, 2.75) is 325 Å². The van der Waals surface area contributed by atoms with Crippen LogP contribution in [0.25, 0.3) is 0 Å². The summed E-state index contributed by atoms with van der Waals surface area (Å²) in [5, 5.41) is 79.2. The van der Waals surface area contributed by atoms with Gasteiger partial charge in [-0.15, -0.1) is 0 Å². The van der Waals surface area contributed by atoms with Crippen molar-refractivity contribution >= 4 is 5.97 Å². The van der Waals surface area contributed by atoms with E-state index >= 15 is 4.79 Å². The summed E-state index contributed by atoms with van der Waals surface area (Å²) in [4.78, 5) is 19.4. The Hall–Kier alpha value is -6.41. The lowest BCUT2D eigenvalue weighted by atomic mass is 9.47. The summed E-state index contributed by atoms with van der Waals surface area (Å²) in [6.45, 7) is 74.7. The minimum Gasteiger partial charge on any atom is -0.507 e. The van der Waals surface area contributed by atoms with Crippen LogP contribution in [0.3, 0.4) is 0 Å². The van der Waals surface area contributed by atoms with Gasteiger partial charge in [0.05, 0.1) is 5.41 Å². The Balaban J connectivity index is 2.48. The highest BCUT2D eigenvalue weighted by atomic mass is 16.5. The van der Waals surface area contributed by atoms with Gasteiger partial charge in [0, 0.05) is 11.1 Å². The summed E-state index contributed by atoms with van der Waals surface area (Å²) in [6, 6.07) is 24.2. The average molecular weight is 1300 g/mol. The van der Waals surface area contributed by atoms with Crippen LogP contribution in [0, 0.1) is 0 Å². The summed E-state index contributed by atoms with van der Waals surface area (Å²) >= 11 is 0. The molecule has 0 aromatic heterocycles. The molecule has 95 heavy (non-hydrogen) atoms. The van der Waals surface area contributed by atoms with Gasteiger partial charge in [0.1, 0.15) is 45.7 Å². The minimum absolute atomic E-state index is 0.0836. The predicted octanol–water partition coefficient (Wildman–Crippen LogP) is 22.4. The Morgan fingerprint density at radius 3 is 0.484 bits per heavy atom. The third kappa shape index (κ3) is 14.5. The normalized spacial score (nSPS) is 14.2. The van der Waals surface area contributed by atoms with Crippen LogP contribution < -0.4 is 4.74 Å². The van der Waals surface area contributed by atoms with Crippen molar-refractivity contribution in [2.75, 3.05) is 0 Å². The largest absolute Gasteiger partial charge is 0.507 e. The van der Waals surface area contributed by atoms with E-state index in [-0.39, 0.29) is 40.2 Å². The van der Waals surface area contributed by atoms with Crippen molar-refractivity contribution in [2.24, 2.45) is 0 Å². The molecule has 0 saturated heterocycles. The molecule has 0 unspecified atom stereocenters. The van der Waals surface area contributed by atoms with Gasteiger partial charge in [0.25, 0.3) is 0 Å². The fourth-order valence-corrected chi connectivity index (χ4v) is 14.1. The second kappa shape index (κ2) is 24.0. The molecule has 0 aliphatic heterocycles. The molecule has 0 heterocycles. The van der Waals surface area contributed by atoms with Crippen molar-refractivity contribution in [3.05, 3.63) is 167 Å². The van der Waals surface area contributed by atoms with Gasteiger partial charge in [-0.2, -0.15) is 0 Å². The quantitative estimate of drug-likeness (QED) is 0.0502. The zero-order valence-electron chi connectivity index (χ0n) is 65.9. The summed E-state index contributed by atoms with van der Waals surface area (Å²) in [5.41, 5.74) is -3.65. The number of hydrogen-bond donors (Lipinski definition) is 6. The van der Waals surface area contributed by atoms with Gasteiger partial charge >= 0.3 is 5.97 Å². The van der Waals surface area contributed by atoms with Gasteiger partial charge < -0.3 is 35.4 Å². The van der Waals surface area contributed by atoms with Crippen LogP contribution in [0.4, 0.5) is 0 Å². The second-order valence-electron chi connectivity index (χ2n) is 40.4. The van der Waals surface area contributed by atoms with Gasteiger partial charge in [0.2, 0.25) is 0 Å². The number of phenols is 6. The van der Waals surface area contributed by atoms with Crippen LogP contribution in [0.5, 0.6) is 40.2 Å². The molecule has 0 aliphatic carbocycles. The highest BCUT2D eigenvalue weighted by molar-refractivity contribution is 5.96. The van der Waals surface area contributed by atoms with E-state index in [0.29, 0.717) is 94.6 Å². The second-order valence-corrected chi connectivity index (χ2v) is 40.4. The van der Waals surface area contributed by atoms with E-state index in [1.807, 2.05) is 65.8 Å². The average Bonchev–Trinajstić information content (AvgIpc) is 0.668. The summed E-state index contributed by atoms with van der Waals surface area (Å²) in [5.74, 6) is 0.0477. The SMILES string of the molecule is CC(C)(C)c1cc(OC(=O)C(c2cc(C(C)(C)C)c(O)c(C(C)(C)C)c2)(c2cc(C(C)(C)C)c(O)c(C(C)(C)C)c2)C(c2cc(C(C)(C)C)c(O)c(C(C)(C)C)c2)(c2cc(C(C)(C)C)c(O)c(C(C)(C)C)c2)c2cc(C(C)(C)C)c(O)c(C(C)(C)C)c2)cc(C(C)(C)C)c1O. The molecule has 0 saturated carbocycles. The number of rotatable bonds is 8. The molecule has 0 spiro atoms. The molecule has 0 amide bonds. The Labute approximate surface area is 575 Å². The molecule has 8 heteroatoms. The Kier molecular flexibility index (Phi) is 19.6. The molecule has 6 rings (SSSR count). The molecule has 6 aromatic rings. The number of carbonyl (C=O) groups is 1. The lowest BCUT2D eigenvalue weighted by molar-refractivity contribution is -0.141. The van der Waals surface area contributed by atoms with Gasteiger partial charge in [-0.1, -0.05) is 310 Å². The summed E-state index contributed by atoms with van der Waals surface area (Å²) in [7, 11) is 0. The van der Waals surface area contributed by atoms with Crippen molar-refractivity contribution in [3.63, 3.8) is 0 Å². The van der Waals surface area contributed by atoms with Gasteiger partial charge in [-0.3, -0.25) is 4.79 Å². The van der Waals surface area contributed by atoms with Gasteiger partial charge in [-0.05, 0) is 161 Å². The molecule has 0 bridgehead atoms. The first kappa shape index (κ1) is 77.6. The third-order valence-electron chi connectivity index (χ3n) is 19.6. The standard InChI is InChI=1S/C87H126O8/c1-74(2,3)55-37-49(38-56(67(55)88)75(4,5)6)86(50-39-57(76(7,8)9)68(89)58(40-50)77(10,11)12,51-41-59(78(13,14)15)69(90)60(42-51)79(16,17)18)87(52-43-61(80(19,20)21)70(91)62(44-52)81(22,23)24,53-45-63(82(25,26)27)71(92)64(46-53)83(28,29)30)73(94)95-54-47-65(84(31,32)33)72(93)66(48-54)85(34,35)36/h37-48,88-93H,1-36H3. The maximum Gasteiger partial charge on any atom is 0.328 e. The highest BCUT2D eigenvalue weighted by Gasteiger charge is 2.65. The van der Waals surface area contributed by atoms with Crippen LogP contribution in [0.1, 0.15) is 344 Å². The van der Waals surface area contributed by atoms with Crippen molar-refractivity contribution < 1.29 is 40.2 Å². The van der Waals surface area contributed by atoms with Crippen LogP contribution in [0.2, 0.25) is 0 Å². The number of phenolic OH excluding ortho intramolecular Hbond substituents is 6. The van der Waals surface area contributed by atoms with Crippen LogP contribution >= 0.6 is 0 Å². The van der Waals surface area contributed by atoms with E-state index in [9.17, 15) is 30.6 Å². The van der Waals surface area contributed by atoms with Crippen LogP contribution in [0.15, 0.2) is 72.8 Å². The van der Waals surface area contributed by atoms with Crippen LogP contribution in [-0.4, -0.2) is 36.6 Å². The Morgan fingerprint density at radius 2 is 0.347 bits per heavy atom. The van der Waals surface area contributed by atoms with E-state index in [1.165, 1.54) is 0 Å². The van der Waals surface area contributed by atoms with Gasteiger partial charge in [0.15, 0.2) is 0 Å². The number of ether oxygens (including phenoxy) is 1. The van der Waals surface area contributed by atoms with Crippen molar-refractivity contribution in [1.29, 1.82) is 0 Å². The number of esters is 1. The summed E-state index contributed by atoms with van der Waals surface area (Å²) < 4.78 is 7.78. The van der Waals surface area contributed by atoms with Gasteiger partial charge in [-0.25, -0.2) is 0 Å². The molecule has 0 aliphatic rings. The molecule has 6 aromatic carbocycles. The maximum absolute atomic E-state index is 19.4. The number of carbonyl (C=O) groups excluding carboxylic acids is 1. The molecule has 6 N–H and O–H groups in total. The van der Waals surface area contributed by atoms with Crippen molar-refractivity contribution in [1.82, 2.24) is 0 Å². The Bertz CT molecular complexity index is 3430. The van der Waals surface area contributed by atoms with E-state index < -0.39 is 81.8 Å². The lowest BCUT2D eigenvalue weighted by Crippen LogP contribution is -2.59. The first-order valence-corrected chi connectivity index (χ1v) is 34.6. The molecular formula is C87H126O8. The first-order valence-electron chi connectivity index (χ1n) is 34.6. The number of aromatic hydroxyl groups is 6. The smallest absolute Gasteiger partial charge is 0.328 e. The highest BCUT2D eigenvalue weighted by Crippen LogP contribution is 2.64. The molecule has 8 nitrogen and oxygen atoms in total. The Morgan fingerprint density at radius 1 is 0.221 bits per heavy atom. The number of hydrogen-bond acceptors (Lipinski definition) is 8. The van der Waals surface area contributed by atoms with E-state index in [4.69, 9.17) is 4.74 Å². The maximum atomic E-state index is 19.4. The summed E-state index contributed by atoms with van der Waals surface area (Å²) in [6.07, 6.45) is 0. The molecule has 0 atom stereocenters. The molecule has 0 fully saturated rings. The number of benzene rings is 6. The topological polar surface area (TPSA) is 148 Å². The molecule has 0 radical (unpaired) electrons. The molecule has 522 valence electrons. The van der Waals surface area contributed by atoms with E-state index in [2.05, 4.69) is 244 Å². The monoisotopic (exact) mass is 1300 g/mol. The fourth-order valence-electron chi connectivity index (χ4n) is 14.1. The zero-order valence-corrected chi connectivity index (χ0v) is 65.9. The lowest BCUT2D eigenvalue weighted by Gasteiger charge is -2.53. The van der Waals surface area contributed by atoms with E-state index in [1.54, 1.807) is 12.1 Å². The zero-order chi connectivity index (χ0) is 73.6. The predicted molar refractivity (Wildman–Crippen MR) is 399 cm³/mol. The minimum atomic E-state index is -2.32. The molecular weight excluding hydrogens is 1170 g/mol. The first-order chi connectivity index (χ1) is 42.1. The third-order valence-corrected chi connectivity index (χ3v) is 19.6. The fraction of sp³-hybridized carbons (Fsp3) is 0.575. The van der Waals surface area contributed by atoms with Crippen molar-refractivity contribution in [3.8, 4) is 40.2 Å². The van der Waals surface area contributed by atoms with Crippen LogP contribution in [-0.2, 0) is 80.6 Å². The van der Waals surface area contributed by atoms with E-state index in [0.717, 1.165) is 0 Å².